The number of nitrogens with zero attached hydrogens (tertiary/aromatic N) is 3. The van der Waals surface area contributed by atoms with Gasteiger partial charge in [-0.1, -0.05) is 6.92 Å². The molecule has 142 valence electrons. The van der Waals surface area contributed by atoms with Crippen LogP contribution in [-0.4, -0.2) is 84.9 Å². The van der Waals surface area contributed by atoms with Crippen molar-refractivity contribution in [2.75, 3.05) is 52.4 Å². The Balaban J connectivity index is 1.44. The Labute approximate surface area is 151 Å². The summed E-state index contributed by atoms with van der Waals surface area (Å²) in [6, 6.07) is 0.415. The highest BCUT2D eigenvalue weighted by atomic mass is 16.2. The van der Waals surface area contributed by atoms with E-state index in [2.05, 4.69) is 29.0 Å². The molecule has 3 aliphatic heterocycles. The second-order valence-corrected chi connectivity index (χ2v) is 8.21. The number of likely N-dealkylation sites (tertiary alicyclic amines) is 2. The van der Waals surface area contributed by atoms with E-state index in [1.165, 1.54) is 6.42 Å². The summed E-state index contributed by atoms with van der Waals surface area (Å²) in [7, 11) is 0. The van der Waals surface area contributed by atoms with Crippen molar-refractivity contribution in [1.29, 1.82) is 0 Å². The number of hydrogen-bond donors (Lipinski definition) is 1. The van der Waals surface area contributed by atoms with E-state index in [0.29, 0.717) is 24.4 Å². The minimum absolute atomic E-state index is 0.118. The van der Waals surface area contributed by atoms with Crippen molar-refractivity contribution in [1.82, 2.24) is 20.0 Å². The Kier molecular flexibility index (Phi) is 6.34. The molecule has 0 saturated carbocycles. The molecule has 1 unspecified atom stereocenters. The molecule has 2 amide bonds. The molecule has 1 N–H and O–H groups in total. The van der Waals surface area contributed by atoms with Crippen molar-refractivity contribution in [2.24, 2.45) is 11.8 Å². The zero-order valence-electron chi connectivity index (χ0n) is 15.9. The first kappa shape index (κ1) is 18.6. The first-order valence-electron chi connectivity index (χ1n) is 10.1. The van der Waals surface area contributed by atoms with Gasteiger partial charge in [0, 0.05) is 57.8 Å². The third kappa shape index (κ3) is 4.73. The summed E-state index contributed by atoms with van der Waals surface area (Å²) < 4.78 is 0. The van der Waals surface area contributed by atoms with Crippen LogP contribution in [0.3, 0.4) is 0 Å². The van der Waals surface area contributed by atoms with Crippen molar-refractivity contribution in [2.45, 2.75) is 45.6 Å². The van der Waals surface area contributed by atoms with E-state index in [4.69, 9.17) is 0 Å². The summed E-state index contributed by atoms with van der Waals surface area (Å²) in [5, 5.41) is 3.36. The average Bonchev–Trinajstić information content (AvgIpc) is 2.63. The first-order valence-corrected chi connectivity index (χ1v) is 10.1. The van der Waals surface area contributed by atoms with Crippen molar-refractivity contribution >= 4 is 11.8 Å². The number of carbonyl (C=O) groups is 2. The lowest BCUT2D eigenvalue weighted by Crippen LogP contribution is -2.54. The first-order chi connectivity index (χ1) is 12.0. The van der Waals surface area contributed by atoms with Crippen LogP contribution in [0.4, 0.5) is 0 Å². The minimum Gasteiger partial charge on any atom is -0.342 e. The van der Waals surface area contributed by atoms with Crippen molar-refractivity contribution in [3.8, 4) is 0 Å². The average molecular weight is 351 g/mol. The molecule has 3 fully saturated rings. The quantitative estimate of drug-likeness (QED) is 0.817. The number of hydrogen-bond acceptors (Lipinski definition) is 4. The number of piperidine rings is 2. The van der Waals surface area contributed by atoms with Crippen LogP contribution in [0.2, 0.25) is 0 Å². The summed E-state index contributed by atoms with van der Waals surface area (Å²) in [5.74, 6) is 1.30. The minimum atomic E-state index is 0.118. The lowest BCUT2D eigenvalue weighted by molar-refractivity contribution is -0.142. The lowest BCUT2D eigenvalue weighted by atomic mass is 9.92. The van der Waals surface area contributed by atoms with Gasteiger partial charge >= 0.3 is 0 Å². The van der Waals surface area contributed by atoms with E-state index in [0.717, 1.165) is 65.1 Å². The standard InChI is InChI=1S/C19H34N4O2/c1-15-4-3-8-23(13-15)19(25)17-5-9-21(10-6-17)18(24)14-22-11-7-20-12-16(22)2/h15-17,20H,3-14H2,1-2H3/t15?,16-/m1/s1. The summed E-state index contributed by atoms with van der Waals surface area (Å²) in [5.41, 5.74) is 0. The van der Waals surface area contributed by atoms with Gasteiger partial charge in [-0.25, -0.2) is 0 Å². The molecular formula is C19H34N4O2. The predicted molar refractivity (Wildman–Crippen MR) is 98.2 cm³/mol. The van der Waals surface area contributed by atoms with Gasteiger partial charge in [0.05, 0.1) is 6.54 Å². The van der Waals surface area contributed by atoms with Crippen LogP contribution in [0.15, 0.2) is 0 Å². The van der Waals surface area contributed by atoms with Gasteiger partial charge in [-0.15, -0.1) is 0 Å². The van der Waals surface area contributed by atoms with Gasteiger partial charge in [0.1, 0.15) is 0 Å². The van der Waals surface area contributed by atoms with Crippen molar-refractivity contribution < 1.29 is 9.59 Å². The molecule has 3 rings (SSSR count). The molecule has 3 aliphatic rings. The second kappa shape index (κ2) is 8.49. The molecule has 3 saturated heterocycles. The third-order valence-electron chi connectivity index (χ3n) is 6.14. The molecule has 0 spiro atoms. The monoisotopic (exact) mass is 350 g/mol. The van der Waals surface area contributed by atoms with Crippen molar-refractivity contribution in [3.05, 3.63) is 0 Å². The van der Waals surface area contributed by atoms with E-state index in [1.807, 2.05) is 4.90 Å². The Bertz CT molecular complexity index is 476. The Hall–Kier alpha value is -1.14. The number of carbonyl (C=O) groups excluding carboxylic acids is 2. The number of rotatable bonds is 3. The molecule has 0 aliphatic carbocycles. The van der Waals surface area contributed by atoms with Gasteiger partial charge in [0.15, 0.2) is 0 Å². The molecule has 6 heteroatoms. The third-order valence-corrected chi connectivity index (χ3v) is 6.14. The largest absolute Gasteiger partial charge is 0.342 e. The van der Waals surface area contributed by atoms with E-state index < -0.39 is 0 Å². The molecule has 0 radical (unpaired) electrons. The molecule has 0 aromatic rings. The maximum absolute atomic E-state index is 12.7. The predicted octanol–water partition coefficient (Wildman–Crippen LogP) is 0.777. The highest BCUT2D eigenvalue weighted by Gasteiger charge is 2.32. The van der Waals surface area contributed by atoms with Crippen LogP contribution in [0.5, 0.6) is 0 Å². The molecule has 6 nitrogen and oxygen atoms in total. The Morgan fingerprint density at radius 2 is 1.76 bits per heavy atom. The van der Waals surface area contributed by atoms with Crippen LogP contribution < -0.4 is 5.32 Å². The maximum atomic E-state index is 12.7. The normalized spacial score (nSPS) is 29.7. The van der Waals surface area contributed by atoms with E-state index in [9.17, 15) is 9.59 Å². The zero-order valence-corrected chi connectivity index (χ0v) is 15.9. The number of nitrogens with one attached hydrogen (secondary N) is 1. The molecule has 2 atom stereocenters. The van der Waals surface area contributed by atoms with E-state index >= 15 is 0 Å². The van der Waals surface area contributed by atoms with Crippen LogP contribution in [0.25, 0.3) is 0 Å². The summed E-state index contributed by atoms with van der Waals surface area (Å²) in [4.78, 5) is 31.7. The van der Waals surface area contributed by atoms with Crippen LogP contribution in [0.1, 0.15) is 39.5 Å². The highest BCUT2D eigenvalue weighted by molar-refractivity contribution is 5.81. The maximum Gasteiger partial charge on any atom is 0.236 e. The van der Waals surface area contributed by atoms with Gasteiger partial charge in [-0.2, -0.15) is 0 Å². The van der Waals surface area contributed by atoms with E-state index in [1.54, 1.807) is 0 Å². The Morgan fingerprint density at radius 3 is 2.44 bits per heavy atom. The molecule has 3 heterocycles. The zero-order chi connectivity index (χ0) is 17.8. The van der Waals surface area contributed by atoms with Crippen LogP contribution >= 0.6 is 0 Å². The molecule has 25 heavy (non-hydrogen) atoms. The summed E-state index contributed by atoms with van der Waals surface area (Å²) >= 11 is 0. The van der Waals surface area contributed by atoms with Crippen LogP contribution in [0, 0.1) is 11.8 Å². The number of amides is 2. The molecule has 0 aromatic heterocycles. The van der Waals surface area contributed by atoms with Gasteiger partial charge in [-0.3, -0.25) is 14.5 Å². The fourth-order valence-electron chi connectivity index (χ4n) is 4.42. The van der Waals surface area contributed by atoms with Gasteiger partial charge < -0.3 is 15.1 Å². The lowest BCUT2D eigenvalue weighted by Gasteiger charge is -2.38. The summed E-state index contributed by atoms with van der Waals surface area (Å²) in [6.07, 6.45) is 4.02. The topological polar surface area (TPSA) is 55.9 Å². The fourth-order valence-corrected chi connectivity index (χ4v) is 4.42. The van der Waals surface area contributed by atoms with Crippen LogP contribution in [-0.2, 0) is 9.59 Å². The Morgan fingerprint density at radius 1 is 1.00 bits per heavy atom. The summed E-state index contributed by atoms with van der Waals surface area (Å²) in [6.45, 7) is 11.1. The molecule has 0 bridgehead atoms. The number of piperazine rings is 1. The van der Waals surface area contributed by atoms with Crippen molar-refractivity contribution in [3.63, 3.8) is 0 Å². The van der Waals surface area contributed by atoms with Gasteiger partial charge in [0.2, 0.25) is 11.8 Å². The smallest absolute Gasteiger partial charge is 0.236 e. The fraction of sp³-hybridized carbons (Fsp3) is 0.895. The van der Waals surface area contributed by atoms with E-state index in [-0.39, 0.29) is 11.8 Å². The van der Waals surface area contributed by atoms with Gasteiger partial charge in [0.25, 0.3) is 0 Å². The van der Waals surface area contributed by atoms with Gasteiger partial charge in [-0.05, 0) is 38.5 Å². The SMILES string of the molecule is CC1CCCN(C(=O)C2CCN(C(=O)CN3CCNC[C@H]3C)CC2)C1. The second-order valence-electron chi connectivity index (χ2n) is 8.21. The highest BCUT2D eigenvalue weighted by Crippen LogP contribution is 2.23. The molecular weight excluding hydrogens is 316 g/mol. The molecule has 0 aromatic carbocycles.